The summed E-state index contributed by atoms with van der Waals surface area (Å²) in [6.07, 6.45) is -5.41. The summed E-state index contributed by atoms with van der Waals surface area (Å²) >= 11 is 11.5. The summed E-state index contributed by atoms with van der Waals surface area (Å²) in [4.78, 5) is 11.5. The molecule has 0 saturated heterocycles. The number of alkyl halides is 3. The smallest absolute Gasteiger partial charge is 0.272 e. The molecule has 3 nitrogen and oxygen atoms in total. The maximum Gasteiger partial charge on any atom is 0.431 e. The molecule has 8 heteroatoms. The van der Waals surface area contributed by atoms with Crippen molar-refractivity contribution in [1.82, 2.24) is 0 Å². The highest BCUT2D eigenvalue weighted by molar-refractivity contribution is 6.37. The standard InChI is InChI=1S/C10H5Cl2F3N2O/c11-5-1-2-7(6(12)3-5)17-9(18)4-8(16-17)10(13,14)15/h1-3H,4H2. The van der Waals surface area contributed by atoms with Crippen LogP contribution in [0.4, 0.5) is 18.9 Å². The minimum atomic E-state index is -4.62. The van der Waals surface area contributed by atoms with Gasteiger partial charge in [0.1, 0.15) is 0 Å². The van der Waals surface area contributed by atoms with Crippen LogP contribution in [0, 0.1) is 0 Å². The second kappa shape index (κ2) is 4.44. The minimum absolute atomic E-state index is 0.0584. The SMILES string of the molecule is O=C1CC(C(F)(F)F)=NN1c1ccc(Cl)cc1Cl. The Labute approximate surface area is 110 Å². The summed E-state index contributed by atoms with van der Waals surface area (Å²) in [5.74, 6) is -0.786. The van der Waals surface area contributed by atoms with Gasteiger partial charge >= 0.3 is 6.18 Å². The molecule has 1 aliphatic heterocycles. The Morgan fingerprint density at radius 3 is 2.44 bits per heavy atom. The van der Waals surface area contributed by atoms with Crippen molar-refractivity contribution in [3.8, 4) is 0 Å². The number of amides is 1. The second-order valence-corrected chi connectivity index (χ2v) is 4.37. The van der Waals surface area contributed by atoms with E-state index in [0.717, 1.165) is 0 Å². The lowest BCUT2D eigenvalue weighted by molar-refractivity contribution is -0.117. The van der Waals surface area contributed by atoms with Crippen LogP contribution in [0.15, 0.2) is 23.3 Å². The molecule has 0 fully saturated rings. The van der Waals surface area contributed by atoms with Crippen molar-refractivity contribution in [1.29, 1.82) is 0 Å². The molecule has 0 N–H and O–H groups in total. The summed E-state index contributed by atoms with van der Waals surface area (Å²) < 4.78 is 37.3. The fraction of sp³-hybridized carbons (Fsp3) is 0.200. The molecule has 1 amide bonds. The van der Waals surface area contributed by atoms with Crippen molar-refractivity contribution in [2.24, 2.45) is 5.10 Å². The molecule has 0 bridgehead atoms. The molecule has 0 unspecified atom stereocenters. The van der Waals surface area contributed by atoms with E-state index in [1.165, 1.54) is 18.2 Å². The molecule has 0 aliphatic carbocycles. The predicted molar refractivity (Wildman–Crippen MR) is 62.1 cm³/mol. The number of carbonyl (C=O) groups excluding carboxylic acids is 1. The number of anilines is 1. The lowest BCUT2D eigenvalue weighted by Gasteiger charge is -2.13. The molecule has 18 heavy (non-hydrogen) atoms. The van der Waals surface area contributed by atoms with Gasteiger partial charge in [0, 0.05) is 5.02 Å². The van der Waals surface area contributed by atoms with Crippen molar-refractivity contribution in [2.75, 3.05) is 5.01 Å². The molecular weight excluding hydrogens is 292 g/mol. The molecule has 1 heterocycles. The van der Waals surface area contributed by atoms with Gasteiger partial charge in [-0.05, 0) is 18.2 Å². The third kappa shape index (κ3) is 2.44. The van der Waals surface area contributed by atoms with Crippen molar-refractivity contribution < 1.29 is 18.0 Å². The lowest BCUT2D eigenvalue weighted by Crippen LogP contribution is -2.22. The van der Waals surface area contributed by atoms with E-state index < -0.39 is 24.2 Å². The Kier molecular flexibility index (Phi) is 3.25. The van der Waals surface area contributed by atoms with Crippen molar-refractivity contribution in [2.45, 2.75) is 12.6 Å². The molecule has 96 valence electrons. The Hall–Kier alpha value is -1.27. The van der Waals surface area contributed by atoms with E-state index in [1.54, 1.807) is 0 Å². The summed E-state index contributed by atoms with van der Waals surface area (Å²) in [5, 5.41) is 4.26. The first-order chi connectivity index (χ1) is 8.29. The number of rotatable bonds is 1. The van der Waals surface area contributed by atoms with Crippen LogP contribution in [0.1, 0.15) is 6.42 Å². The maximum absolute atomic E-state index is 12.4. The van der Waals surface area contributed by atoms with Crippen molar-refractivity contribution in [3.63, 3.8) is 0 Å². The minimum Gasteiger partial charge on any atom is -0.272 e. The fourth-order valence-electron chi connectivity index (χ4n) is 1.43. The number of benzene rings is 1. The Balaban J connectivity index is 2.40. The summed E-state index contributed by atoms with van der Waals surface area (Å²) in [6, 6.07) is 4.08. The van der Waals surface area contributed by atoms with Gasteiger partial charge in [-0.2, -0.15) is 23.3 Å². The first-order valence-corrected chi connectivity index (χ1v) is 5.47. The van der Waals surface area contributed by atoms with Crippen LogP contribution >= 0.6 is 23.2 Å². The zero-order valence-corrected chi connectivity index (χ0v) is 10.1. The highest BCUT2D eigenvalue weighted by atomic mass is 35.5. The first-order valence-electron chi connectivity index (χ1n) is 4.71. The molecule has 0 saturated carbocycles. The Morgan fingerprint density at radius 2 is 1.94 bits per heavy atom. The van der Waals surface area contributed by atoms with Gasteiger partial charge in [0.25, 0.3) is 5.91 Å². The third-order valence-electron chi connectivity index (χ3n) is 2.24. The van der Waals surface area contributed by atoms with Gasteiger partial charge in [0.05, 0.1) is 17.1 Å². The average Bonchev–Trinajstić information content (AvgIpc) is 2.60. The van der Waals surface area contributed by atoms with Crippen LogP contribution in [-0.4, -0.2) is 17.8 Å². The Bertz CT molecular complexity index is 542. The topological polar surface area (TPSA) is 32.7 Å². The zero-order chi connectivity index (χ0) is 13.5. The molecule has 0 aromatic heterocycles. The lowest BCUT2D eigenvalue weighted by atomic mass is 10.2. The molecular formula is C10H5Cl2F3N2O. The summed E-state index contributed by atoms with van der Waals surface area (Å²) in [7, 11) is 0. The van der Waals surface area contributed by atoms with Crippen LogP contribution in [0.5, 0.6) is 0 Å². The van der Waals surface area contributed by atoms with Crippen LogP contribution in [0.2, 0.25) is 10.0 Å². The monoisotopic (exact) mass is 296 g/mol. The van der Waals surface area contributed by atoms with Crippen molar-refractivity contribution >= 4 is 40.5 Å². The van der Waals surface area contributed by atoms with Gasteiger partial charge in [0.15, 0.2) is 5.71 Å². The molecule has 2 rings (SSSR count). The van der Waals surface area contributed by atoms with E-state index in [1.807, 2.05) is 0 Å². The summed E-state index contributed by atoms with van der Waals surface area (Å²) in [6.45, 7) is 0. The number of carbonyl (C=O) groups is 1. The second-order valence-electron chi connectivity index (χ2n) is 3.52. The largest absolute Gasteiger partial charge is 0.431 e. The van der Waals surface area contributed by atoms with Gasteiger partial charge in [-0.3, -0.25) is 4.79 Å². The van der Waals surface area contributed by atoms with Gasteiger partial charge in [-0.15, -0.1) is 0 Å². The Morgan fingerprint density at radius 1 is 1.28 bits per heavy atom. The van der Waals surface area contributed by atoms with Crippen LogP contribution in [-0.2, 0) is 4.79 Å². The van der Waals surface area contributed by atoms with Gasteiger partial charge in [-0.25, -0.2) is 0 Å². The van der Waals surface area contributed by atoms with Crippen LogP contribution in [0.3, 0.4) is 0 Å². The predicted octanol–water partition coefficient (Wildman–Crippen LogP) is 3.65. The average molecular weight is 297 g/mol. The molecule has 0 radical (unpaired) electrons. The number of hydrogen-bond donors (Lipinski definition) is 0. The van der Waals surface area contributed by atoms with E-state index in [9.17, 15) is 18.0 Å². The van der Waals surface area contributed by atoms with E-state index in [4.69, 9.17) is 23.2 Å². The fourth-order valence-corrected chi connectivity index (χ4v) is 1.92. The normalized spacial score (nSPS) is 16.2. The van der Waals surface area contributed by atoms with Crippen molar-refractivity contribution in [3.05, 3.63) is 28.2 Å². The molecule has 1 aromatic rings. The molecule has 0 spiro atoms. The molecule has 0 atom stereocenters. The molecule has 1 aliphatic rings. The first kappa shape index (κ1) is 13.2. The highest BCUT2D eigenvalue weighted by Crippen LogP contribution is 2.33. The van der Waals surface area contributed by atoms with Gasteiger partial charge in [-0.1, -0.05) is 23.2 Å². The number of halogens is 5. The number of hydrazone groups is 1. The maximum atomic E-state index is 12.4. The highest BCUT2D eigenvalue weighted by Gasteiger charge is 2.43. The van der Waals surface area contributed by atoms with Crippen LogP contribution < -0.4 is 5.01 Å². The zero-order valence-electron chi connectivity index (χ0n) is 8.63. The number of hydrogen-bond acceptors (Lipinski definition) is 2. The number of nitrogens with zero attached hydrogens (tertiary/aromatic N) is 2. The van der Waals surface area contributed by atoms with E-state index >= 15 is 0 Å². The van der Waals surface area contributed by atoms with Crippen LogP contribution in [0.25, 0.3) is 0 Å². The quantitative estimate of drug-likeness (QED) is 0.778. The summed E-state index contributed by atoms with van der Waals surface area (Å²) in [5.41, 5.74) is -1.07. The molecule has 1 aromatic carbocycles. The third-order valence-corrected chi connectivity index (χ3v) is 2.78. The van der Waals surface area contributed by atoms with E-state index in [0.29, 0.717) is 10.0 Å². The van der Waals surface area contributed by atoms with Gasteiger partial charge < -0.3 is 0 Å². The van der Waals surface area contributed by atoms with E-state index in [-0.39, 0.29) is 10.7 Å². The van der Waals surface area contributed by atoms with E-state index in [2.05, 4.69) is 5.10 Å². The van der Waals surface area contributed by atoms with Gasteiger partial charge in [0.2, 0.25) is 0 Å².